The molecular formula is C37H33NO7. The van der Waals surface area contributed by atoms with Crippen molar-refractivity contribution < 1.29 is 28.2 Å². The van der Waals surface area contributed by atoms with Gasteiger partial charge in [0.25, 0.3) is 5.91 Å². The molecular weight excluding hydrogens is 570 g/mol. The summed E-state index contributed by atoms with van der Waals surface area (Å²) in [6.07, 6.45) is 0.576. The van der Waals surface area contributed by atoms with Crippen LogP contribution in [0.2, 0.25) is 0 Å². The number of carbonyl (C=O) groups excluding carboxylic acids is 2. The fourth-order valence-electron chi connectivity index (χ4n) is 5.90. The molecule has 5 aromatic rings. The molecule has 8 nitrogen and oxygen atoms in total. The Kier molecular flexibility index (Phi) is 8.13. The van der Waals surface area contributed by atoms with Gasteiger partial charge in [0.1, 0.15) is 17.9 Å². The molecule has 1 atom stereocenters. The van der Waals surface area contributed by atoms with Crippen molar-refractivity contribution in [3.05, 3.63) is 134 Å². The Morgan fingerprint density at radius 3 is 2.31 bits per heavy atom. The summed E-state index contributed by atoms with van der Waals surface area (Å²) in [5, 5.41) is 0.813. The van der Waals surface area contributed by atoms with E-state index in [1.54, 1.807) is 61.6 Å². The zero-order chi connectivity index (χ0) is 31.7. The van der Waals surface area contributed by atoms with E-state index in [1.165, 1.54) is 6.07 Å². The highest BCUT2D eigenvalue weighted by Crippen LogP contribution is 2.39. The van der Waals surface area contributed by atoms with E-state index in [2.05, 4.69) is 0 Å². The van der Waals surface area contributed by atoms with E-state index in [0.717, 1.165) is 27.6 Å². The first kappa shape index (κ1) is 29.7. The summed E-state index contributed by atoms with van der Waals surface area (Å²) >= 11 is 0. The lowest BCUT2D eigenvalue weighted by atomic mass is 9.90. The lowest BCUT2D eigenvalue weighted by molar-refractivity contribution is 0.0586. The molecule has 1 aliphatic rings. The molecule has 0 fully saturated rings. The van der Waals surface area contributed by atoms with Gasteiger partial charge < -0.3 is 23.5 Å². The smallest absolute Gasteiger partial charge is 0.336 e. The predicted molar refractivity (Wildman–Crippen MR) is 171 cm³/mol. The van der Waals surface area contributed by atoms with Crippen molar-refractivity contribution in [2.45, 2.75) is 26.3 Å². The van der Waals surface area contributed by atoms with Gasteiger partial charge in [0.2, 0.25) is 0 Å². The molecule has 2 heterocycles. The first-order chi connectivity index (χ1) is 21.8. The molecule has 0 saturated carbocycles. The molecule has 0 aliphatic carbocycles. The third-order valence-corrected chi connectivity index (χ3v) is 8.31. The van der Waals surface area contributed by atoms with Crippen LogP contribution in [-0.4, -0.2) is 44.0 Å². The Morgan fingerprint density at radius 2 is 1.58 bits per heavy atom. The van der Waals surface area contributed by atoms with Gasteiger partial charge in [0.05, 0.1) is 25.8 Å². The summed E-state index contributed by atoms with van der Waals surface area (Å²) in [5.74, 6) is 1.13. The SMILES string of the molecule is COc1cc2c(cc1OC)C(COc1ccc3c(C)cc(=O)oc3c1)N(C(=O)c1ccccc1C(=O)c1ccc(C)cc1)CC2. The molecule has 45 heavy (non-hydrogen) atoms. The van der Waals surface area contributed by atoms with Gasteiger partial charge >= 0.3 is 5.63 Å². The third kappa shape index (κ3) is 5.79. The van der Waals surface area contributed by atoms with Crippen molar-refractivity contribution in [1.29, 1.82) is 0 Å². The molecule has 0 spiro atoms. The van der Waals surface area contributed by atoms with Crippen LogP contribution in [0.3, 0.4) is 0 Å². The minimum absolute atomic E-state index is 0.101. The van der Waals surface area contributed by atoms with Gasteiger partial charge in [-0.15, -0.1) is 0 Å². The minimum Gasteiger partial charge on any atom is -0.493 e. The first-order valence-electron chi connectivity index (χ1n) is 14.7. The number of hydrogen-bond acceptors (Lipinski definition) is 7. The summed E-state index contributed by atoms with van der Waals surface area (Å²) < 4.78 is 22.9. The fraction of sp³-hybridized carbons (Fsp3) is 0.216. The standard InChI is InChI=1S/C37H33NO7/c1-22-9-11-24(12-10-22)36(40)28-7-5-6-8-29(28)37(41)38-16-15-25-18-33(42-3)34(43-4)20-30(25)31(38)21-44-26-13-14-27-23(2)17-35(39)45-32(27)19-26/h5-14,17-20,31H,15-16,21H2,1-4H3. The normalized spacial score (nSPS) is 14.1. The largest absolute Gasteiger partial charge is 0.493 e. The molecule has 1 aliphatic heterocycles. The molecule has 4 aromatic carbocycles. The van der Waals surface area contributed by atoms with Gasteiger partial charge in [-0.1, -0.05) is 48.0 Å². The number of carbonyl (C=O) groups is 2. The lowest BCUT2D eigenvalue weighted by Gasteiger charge is -2.38. The van der Waals surface area contributed by atoms with Crippen LogP contribution in [-0.2, 0) is 6.42 Å². The Balaban J connectivity index is 1.38. The van der Waals surface area contributed by atoms with E-state index in [4.69, 9.17) is 18.6 Å². The molecule has 6 rings (SSSR count). The first-order valence-corrected chi connectivity index (χ1v) is 14.7. The number of hydrogen-bond donors (Lipinski definition) is 0. The number of amides is 1. The topological polar surface area (TPSA) is 95.3 Å². The van der Waals surface area contributed by atoms with Crippen molar-refractivity contribution in [2.75, 3.05) is 27.4 Å². The fourth-order valence-corrected chi connectivity index (χ4v) is 5.90. The van der Waals surface area contributed by atoms with Crippen LogP contribution in [0.1, 0.15) is 54.6 Å². The van der Waals surface area contributed by atoms with E-state index in [0.29, 0.717) is 52.5 Å². The van der Waals surface area contributed by atoms with E-state index in [1.807, 2.05) is 50.2 Å². The molecule has 1 aromatic heterocycles. The van der Waals surface area contributed by atoms with E-state index in [-0.39, 0.29) is 18.3 Å². The van der Waals surface area contributed by atoms with Crippen LogP contribution in [0.5, 0.6) is 17.2 Å². The van der Waals surface area contributed by atoms with Gasteiger partial charge in [-0.05, 0) is 67.3 Å². The second-order valence-corrected chi connectivity index (χ2v) is 11.1. The van der Waals surface area contributed by atoms with E-state index >= 15 is 0 Å². The summed E-state index contributed by atoms with van der Waals surface area (Å²) in [7, 11) is 3.16. The summed E-state index contributed by atoms with van der Waals surface area (Å²) in [5.41, 5.74) is 4.88. The molecule has 0 bridgehead atoms. The van der Waals surface area contributed by atoms with Crippen LogP contribution in [0.25, 0.3) is 11.0 Å². The molecule has 1 unspecified atom stereocenters. The van der Waals surface area contributed by atoms with Crippen LogP contribution in [0.15, 0.2) is 94.1 Å². The highest BCUT2D eigenvalue weighted by atomic mass is 16.5. The summed E-state index contributed by atoms with van der Waals surface area (Å²) in [4.78, 5) is 41.7. The number of benzene rings is 4. The second kappa shape index (κ2) is 12.3. The minimum atomic E-state index is -0.524. The van der Waals surface area contributed by atoms with Crippen LogP contribution < -0.4 is 19.8 Å². The Hall–Kier alpha value is -5.37. The predicted octanol–water partition coefficient (Wildman–Crippen LogP) is 6.48. The molecule has 0 N–H and O–H groups in total. The number of rotatable bonds is 8. The van der Waals surface area contributed by atoms with Crippen LogP contribution in [0.4, 0.5) is 0 Å². The average molecular weight is 604 g/mol. The summed E-state index contributed by atoms with van der Waals surface area (Å²) in [6.45, 7) is 4.31. The quantitative estimate of drug-likeness (QED) is 0.148. The molecule has 0 saturated heterocycles. The van der Waals surface area contributed by atoms with Crippen molar-refractivity contribution in [3.63, 3.8) is 0 Å². The molecule has 0 radical (unpaired) electrons. The average Bonchev–Trinajstić information content (AvgIpc) is 3.05. The molecule has 8 heteroatoms. The van der Waals surface area contributed by atoms with Crippen LogP contribution >= 0.6 is 0 Å². The molecule has 228 valence electrons. The number of fused-ring (bicyclic) bond motifs is 2. The number of aryl methyl sites for hydroxylation is 2. The highest BCUT2D eigenvalue weighted by Gasteiger charge is 2.35. The van der Waals surface area contributed by atoms with Gasteiger partial charge in [0.15, 0.2) is 17.3 Å². The monoisotopic (exact) mass is 603 g/mol. The maximum absolute atomic E-state index is 14.4. The van der Waals surface area contributed by atoms with E-state index in [9.17, 15) is 14.4 Å². The van der Waals surface area contributed by atoms with Gasteiger partial charge in [-0.3, -0.25) is 9.59 Å². The lowest BCUT2D eigenvalue weighted by Crippen LogP contribution is -2.43. The molecule has 1 amide bonds. The maximum atomic E-state index is 14.4. The van der Waals surface area contributed by atoms with Crippen molar-refractivity contribution in [3.8, 4) is 17.2 Å². The van der Waals surface area contributed by atoms with Gasteiger partial charge in [-0.2, -0.15) is 0 Å². The number of methoxy groups -OCH3 is 2. The highest BCUT2D eigenvalue weighted by molar-refractivity contribution is 6.15. The second-order valence-electron chi connectivity index (χ2n) is 11.1. The number of ketones is 1. The number of nitrogens with zero attached hydrogens (tertiary/aromatic N) is 1. The Bertz CT molecular complexity index is 1980. The number of ether oxygens (including phenoxy) is 3. The van der Waals surface area contributed by atoms with E-state index < -0.39 is 11.7 Å². The van der Waals surface area contributed by atoms with Gasteiger partial charge in [-0.25, -0.2) is 4.79 Å². The Labute approximate surface area is 260 Å². The van der Waals surface area contributed by atoms with Crippen molar-refractivity contribution in [1.82, 2.24) is 4.90 Å². The third-order valence-electron chi connectivity index (χ3n) is 8.31. The zero-order valence-corrected chi connectivity index (χ0v) is 25.6. The van der Waals surface area contributed by atoms with Crippen molar-refractivity contribution >= 4 is 22.7 Å². The van der Waals surface area contributed by atoms with Crippen molar-refractivity contribution in [2.24, 2.45) is 0 Å². The zero-order valence-electron chi connectivity index (χ0n) is 25.6. The maximum Gasteiger partial charge on any atom is 0.336 e. The summed E-state index contributed by atoms with van der Waals surface area (Å²) in [6, 6.07) is 24.3. The van der Waals surface area contributed by atoms with Crippen LogP contribution in [0, 0.1) is 13.8 Å². The van der Waals surface area contributed by atoms with Gasteiger partial charge in [0, 0.05) is 35.2 Å². The Morgan fingerprint density at radius 1 is 0.867 bits per heavy atom.